The van der Waals surface area contributed by atoms with Crippen molar-refractivity contribution in [2.45, 2.75) is 74.0 Å². The first-order valence-corrected chi connectivity index (χ1v) is 30.4. The molecule has 0 radical (unpaired) electrons. The van der Waals surface area contributed by atoms with Gasteiger partial charge in [-0.25, -0.2) is 45.7 Å². The van der Waals surface area contributed by atoms with Crippen molar-refractivity contribution in [3.63, 3.8) is 0 Å². The van der Waals surface area contributed by atoms with E-state index in [4.69, 9.17) is 17.2 Å². The van der Waals surface area contributed by atoms with Crippen LogP contribution in [-0.2, 0) is 19.3 Å². The van der Waals surface area contributed by atoms with Gasteiger partial charge in [0.25, 0.3) is 0 Å². The van der Waals surface area contributed by atoms with E-state index in [0.29, 0.717) is 40.3 Å². The third-order valence-corrected chi connectivity index (χ3v) is 16.6. The molecule has 28 heteroatoms. The highest BCUT2D eigenvalue weighted by atomic mass is 19.2. The Hall–Kier alpha value is -9.88. The molecule has 97 heavy (non-hydrogen) atoms. The maximum atomic E-state index is 14.3. The molecule has 504 valence electrons. The molecule has 0 aliphatic carbocycles. The fourth-order valence-electron chi connectivity index (χ4n) is 11.6. The van der Waals surface area contributed by atoms with Gasteiger partial charge in [-0.3, -0.25) is 29.3 Å². The summed E-state index contributed by atoms with van der Waals surface area (Å²) in [6.45, 7) is 1.23. The van der Waals surface area contributed by atoms with Gasteiger partial charge >= 0.3 is 0 Å². The zero-order valence-electron chi connectivity index (χ0n) is 51.4. The highest BCUT2D eigenvalue weighted by Gasteiger charge is 2.37. The van der Waals surface area contributed by atoms with Gasteiger partial charge in [0.05, 0.1) is 71.6 Å². The summed E-state index contributed by atoms with van der Waals surface area (Å²) in [6.07, 6.45) is 2.58. The van der Waals surface area contributed by atoms with Gasteiger partial charge < -0.3 is 62.5 Å². The van der Waals surface area contributed by atoms with Crippen LogP contribution in [0.2, 0.25) is 0 Å². The van der Waals surface area contributed by atoms with E-state index in [-0.39, 0.29) is 97.4 Å². The zero-order valence-corrected chi connectivity index (χ0v) is 51.4. The maximum absolute atomic E-state index is 14.3. The number of Topliss-reactive ketones (excluding diaryl/α,β-unsaturated/α-hetero) is 3. The molecule has 9 heterocycles. The van der Waals surface area contributed by atoms with Crippen molar-refractivity contribution in [3.05, 3.63) is 233 Å². The van der Waals surface area contributed by atoms with Gasteiger partial charge in [0, 0.05) is 135 Å². The highest BCUT2D eigenvalue weighted by Crippen LogP contribution is 2.32. The van der Waals surface area contributed by atoms with E-state index in [2.05, 4.69) is 29.9 Å². The molecular weight excluding hydrogens is 1270 g/mol. The molecule has 3 aliphatic rings. The first-order chi connectivity index (χ1) is 46.4. The lowest BCUT2D eigenvalue weighted by atomic mass is 9.98. The van der Waals surface area contributed by atoms with E-state index in [0.717, 1.165) is 48.5 Å². The zero-order chi connectivity index (χ0) is 69.4. The summed E-state index contributed by atoms with van der Waals surface area (Å²) in [5.74, 6) is -7.15. The Morgan fingerprint density at radius 1 is 0.381 bits per heavy atom. The lowest BCUT2D eigenvalue weighted by Crippen LogP contribution is -2.59. The van der Waals surface area contributed by atoms with Crippen molar-refractivity contribution in [2.75, 3.05) is 54.0 Å². The Labute approximate surface area is 550 Å². The number of nitrogens with zero attached hydrogens (tertiary/aromatic N) is 9. The number of ketones is 3. The maximum Gasteiger partial charge on any atom is 0.185 e. The summed E-state index contributed by atoms with van der Waals surface area (Å²) in [6, 6.07) is 24.2. The van der Waals surface area contributed by atoms with Crippen LogP contribution in [0, 0.1) is 40.7 Å². The van der Waals surface area contributed by atoms with E-state index in [1.165, 1.54) is 73.3 Å². The average Bonchev–Trinajstić information content (AvgIpc) is 0.878. The van der Waals surface area contributed by atoms with E-state index >= 15 is 0 Å². The van der Waals surface area contributed by atoms with Crippen molar-refractivity contribution < 1.29 is 75.8 Å². The highest BCUT2D eigenvalue weighted by molar-refractivity contribution is 5.98. The Kier molecular flexibility index (Phi) is 22.3. The fraction of sp³-hybridized carbons (Fsp3) is 0.261. The van der Waals surface area contributed by atoms with Crippen LogP contribution in [0.3, 0.4) is 0 Å². The summed E-state index contributed by atoms with van der Waals surface area (Å²) < 4.78 is 99.4. The number of nitrogens with two attached hydrogens (primary N) is 3. The van der Waals surface area contributed by atoms with Gasteiger partial charge in [0.2, 0.25) is 0 Å². The lowest BCUT2D eigenvalue weighted by molar-refractivity contribution is -0.00357. The predicted octanol–water partition coefficient (Wildman–Crippen LogP) is 5.29. The Bertz CT molecular complexity index is 4260. The first kappa shape index (κ1) is 69.9. The number of rotatable bonds is 15. The number of halogens is 7. The molecule has 3 fully saturated rings. The Morgan fingerprint density at radius 3 is 1.13 bits per heavy atom. The molecule has 6 aromatic heterocycles. The van der Waals surface area contributed by atoms with Crippen molar-refractivity contribution in [2.24, 2.45) is 17.2 Å². The monoisotopic (exact) mass is 1340 g/mol. The fourth-order valence-corrected chi connectivity index (χ4v) is 11.6. The molecule has 0 amide bonds. The predicted molar refractivity (Wildman–Crippen MR) is 342 cm³/mol. The first-order valence-electron chi connectivity index (χ1n) is 30.4. The molecule has 3 aliphatic heterocycles. The smallest absolute Gasteiger partial charge is 0.185 e. The largest absolute Gasteiger partial charge is 0.389 e. The van der Waals surface area contributed by atoms with Gasteiger partial charge in [-0.05, 0) is 91.0 Å². The number of aromatic nitrogens is 6. The number of anilines is 3. The van der Waals surface area contributed by atoms with Crippen LogP contribution in [-0.4, -0.2) is 172 Å². The van der Waals surface area contributed by atoms with Crippen molar-refractivity contribution in [1.82, 2.24) is 29.9 Å². The SMILES string of the molecule is N[C@H]1CN(c2ccncc2CC(=O)c2ccc(F)c(-c3c(F)cccc3F)n2)C[C@@H](O)[C@@H]1O.N[C@H]1CN(c2ccncc2CC(=O)c2ccc(F)c(-c3ccccc3F)n2)C[C@@H](O)[C@@H]1O.N[C@H]1CN(c2ccncc2CC(=O)c2cccc(-c3c(F)cccc3F)n2)C[C@@H](O)[C@@H]1O. The summed E-state index contributed by atoms with van der Waals surface area (Å²) in [5.41, 5.74) is 19.4. The number of carbonyl (C=O) groups is 3. The van der Waals surface area contributed by atoms with E-state index in [1.807, 2.05) is 0 Å². The Morgan fingerprint density at radius 2 is 0.732 bits per heavy atom. The van der Waals surface area contributed by atoms with E-state index in [1.54, 1.807) is 51.4 Å². The quantitative estimate of drug-likeness (QED) is 0.0465. The molecule has 9 aromatic rings. The molecule has 3 aromatic carbocycles. The molecule has 3 saturated heterocycles. The Balaban J connectivity index is 0.000000158. The number of hydrogen-bond donors (Lipinski definition) is 9. The molecule has 0 bridgehead atoms. The normalized spacial score (nSPS) is 20.8. The minimum atomic E-state index is -1.07. The van der Waals surface area contributed by atoms with Crippen LogP contribution in [0.4, 0.5) is 47.8 Å². The summed E-state index contributed by atoms with van der Waals surface area (Å²) in [7, 11) is 0. The van der Waals surface area contributed by atoms with Gasteiger partial charge in [-0.1, -0.05) is 30.3 Å². The van der Waals surface area contributed by atoms with Crippen LogP contribution in [0.5, 0.6) is 0 Å². The second-order valence-corrected chi connectivity index (χ2v) is 23.3. The molecule has 0 unspecified atom stereocenters. The van der Waals surface area contributed by atoms with Crippen LogP contribution in [0.1, 0.15) is 48.2 Å². The number of piperidine rings is 3. The molecule has 12 rings (SSSR count). The van der Waals surface area contributed by atoms with E-state index < -0.39 is 118 Å². The topological polar surface area (TPSA) is 338 Å². The molecule has 21 nitrogen and oxygen atoms in total. The third-order valence-electron chi connectivity index (χ3n) is 16.6. The third kappa shape index (κ3) is 16.2. The molecule has 0 saturated carbocycles. The minimum Gasteiger partial charge on any atom is -0.389 e. The van der Waals surface area contributed by atoms with Crippen molar-refractivity contribution in [1.29, 1.82) is 0 Å². The van der Waals surface area contributed by atoms with Gasteiger partial charge in [-0.15, -0.1) is 0 Å². The summed E-state index contributed by atoms with van der Waals surface area (Å²) in [5, 5.41) is 60.0. The number of aliphatic hydroxyl groups excluding tert-OH is 6. The number of benzene rings is 3. The van der Waals surface area contributed by atoms with Gasteiger partial charge in [-0.2, -0.15) is 0 Å². The lowest BCUT2D eigenvalue weighted by Gasteiger charge is -2.39. The van der Waals surface area contributed by atoms with Crippen LogP contribution < -0.4 is 31.9 Å². The van der Waals surface area contributed by atoms with Crippen molar-refractivity contribution in [3.8, 4) is 33.8 Å². The molecule has 12 N–H and O–H groups in total. The minimum absolute atomic E-state index is 0.00902. The number of carbonyl (C=O) groups excluding carboxylic acids is 3. The van der Waals surface area contributed by atoms with Gasteiger partial charge in [0.1, 0.15) is 69.2 Å². The molecular formula is C69H65F7N12O9. The van der Waals surface area contributed by atoms with Crippen LogP contribution in [0.15, 0.2) is 159 Å². The number of aliphatic hydroxyl groups is 6. The number of pyridine rings is 6. The molecule has 0 spiro atoms. The summed E-state index contributed by atoms with van der Waals surface area (Å²) >= 11 is 0. The van der Waals surface area contributed by atoms with Crippen LogP contribution >= 0.6 is 0 Å². The van der Waals surface area contributed by atoms with Gasteiger partial charge in [0.15, 0.2) is 17.3 Å². The second-order valence-electron chi connectivity index (χ2n) is 23.3. The average molecular weight is 1340 g/mol. The number of β-amino-alcohol motifs (C(OH)–C–C–N with tert-alkyl or cyclic N) is 3. The van der Waals surface area contributed by atoms with Crippen molar-refractivity contribution >= 4 is 34.4 Å². The number of hydrogen-bond acceptors (Lipinski definition) is 21. The second kappa shape index (κ2) is 30.9. The molecule has 9 atom stereocenters. The van der Waals surface area contributed by atoms with Crippen LogP contribution in [0.25, 0.3) is 33.8 Å². The summed E-state index contributed by atoms with van der Waals surface area (Å²) in [4.78, 5) is 68.6. The standard InChI is InChI=1S/C23H21F3N4O3.2C23H22F2N4O3/c24-13-2-1-3-14(25)21(13)22-15(26)4-5-17(29-22)19(31)8-12-9-28-7-6-18(12)30-10-16(27)23(33)20(32)11-30;24-14-3-1-4-15(25)22(14)18-6-2-5-17(28-18)20(30)9-13-10-27-8-7-19(13)29-11-16(26)23(32)21(31)12-29;24-15-4-2-1-3-14(15)22-16(25)5-6-18(28-22)20(30)9-13-10-27-8-7-19(13)29-11-17(26)23(32)21(31)12-29/h1-7,9,16,20,23,32-33H,8,10-11,27H2;1-8,10,16,21,23,31-32H,9,11-12,26H2;1-8,10,17,21,23,31-32H,9,11-12,26H2/t16-,20+,23+;16-,21+,23+;17-,21+,23+/m000/s1. The van der Waals surface area contributed by atoms with E-state index in [9.17, 15) is 75.8 Å².